The van der Waals surface area contributed by atoms with Crippen LogP contribution in [-0.2, 0) is 16.4 Å². The first kappa shape index (κ1) is 27.7. The van der Waals surface area contributed by atoms with Gasteiger partial charge in [-0.2, -0.15) is 0 Å². The molecular weight excluding hydrogens is 454 g/mol. The van der Waals surface area contributed by atoms with Crippen molar-refractivity contribution < 1.29 is 8.42 Å². The van der Waals surface area contributed by atoms with Crippen LogP contribution in [-0.4, -0.2) is 39.8 Å². The minimum atomic E-state index is -3.49. The molecule has 2 atom stereocenters. The van der Waals surface area contributed by atoms with Gasteiger partial charge in [-0.25, -0.2) is 8.42 Å². The molecule has 1 aliphatic heterocycles. The lowest BCUT2D eigenvalue weighted by molar-refractivity contribution is 0.295. The maximum absolute atomic E-state index is 14.0. The van der Waals surface area contributed by atoms with E-state index in [1.165, 1.54) is 0 Å². The van der Waals surface area contributed by atoms with Crippen molar-refractivity contribution in [3.63, 3.8) is 0 Å². The van der Waals surface area contributed by atoms with E-state index in [1.54, 1.807) is 0 Å². The number of fused-ring (bicyclic) bond motifs is 1. The van der Waals surface area contributed by atoms with E-state index >= 15 is 0 Å². The molecule has 5 nitrogen and oxygen atoms in total. The molecule has 0 spiro atoms. The van der Waals surface area contributed by atoms with Gasteiger partial charge in [0.2, 0.25) is 0 Å². The van der Waals surface area contributed by atoms with Gasteiger partial charge in [0.1, 0.15) is 0 Å². The minimum absolute atomic E-state index is 0.132. The van der Waals surface area contributed by atoms with Crippen molar-refractivity contribution in [2.24, 2.45) is 0 Å². The van der Waals surface area contributed by atoms with E-state index in [1.807, 2.05) is 38.4 Å². The number of hydrogen-bond donors (Lipinski definition) is 2. The Balaban J connectivity index is 2.22. The highest BCUT2D eigenvalue weighted by Crippen LogP contribution is 2.40. The highest BCUT2D eigenvalue weighted by molar-refractivity contribution is 7.91. The van der Waals surface area contributed by atoms with Crippen LogP contribution in [0.5, 0.6) is 0 Å². The first-order valence-corrected chi connectivity index (χ1v) is 15.0. The Bertz CT molecular complexity index is 1060. The summed E-state index contributed by atoms with van der Waals surface area (Å²) in [6.07, 6.45) is 5.76. The van der Waals surface area contributed by atoms with Crippen LogP contribution in [0, 0.1) is 0 Å². The average Bonchev–Trinajstić information content (AvgIpc) is 2.95. The molecule has 1 heterocycles. The fourth-order valence-electron chi connectivity index (χ4n) is 5.33. The number of anilines is 1. The summed E-state index contributed by atoms with van der Waals surface area (Å²) in [6.45, 7) is 9.31. The summed E-state index contributed by atoms with van der Waals surface area (Å²) >= 11 is 0. The summed E-state index contributed by atoms with van der Waals surface area (Å²) in [5.74, 6) is 0.132. The number of sulfone groups is 1. The molecule has 0 radical (unpaired) electrons. The van der Waals surface area contributed by atoms with Gasteiger partial charge in [-0.3, -0.25) is 5.32 Å². The molecule has 6 heteroatoms. The fraction of sp³-hybridized carbons (Fsp3) is 0.586. The van der Waals surface area contributed by atoms with E-state index < -0.39 is 15.4 Å². The maximum atomic E-state index is 14.0. The van der Waals surface area contributed by atoms with Gasteiger partial charge in [0.15, 0.2) is 9.84 Å². The Morgan fingerprint density at radius 2 is 1.77 bits per heavy atom. The third-order valence-electron chi connectivity index (χ3n) is 7.64. The van der Waals surface area contributed by atoms with Crippen molar-refractivity contribution in [3.8, 4) is 0 Å². The Kier molecular flexibility index (Phi) is 9.41. The van der Waals surface area contributed by atoms with Gasteiger partial charge in [0.25, 0.3) is 0 Å². The molecule has 3 rings (SSSR count). The standard InChI is InChI=1S/C29H45N3O2S/c1-7-11-17-29(10-4)21-35(33,34)27-18-23(20-30-24(8-2)9-3)26(32(5)6)19-25(27)28(31-29)22-15-13-12-14-16-22/h12-16,18-19,24,28,30-31H,7-11,17,20-21H2,1-6H3/t28-,29-/m1/s1. The van der Waals surface area contributed by atoms with E-state index in [9.17, 15) is 8.42 Å². The predicted molar refractivity (Wildman–Crippen MR) is 148 cm³/mol. The highest BCUT2D eigenvalue weighted by atomic mass is 32.2. The lowest BCUT2D eigenvalue weighted by Gasteiger charge is -2.36. The van der Waals surface area contributed by atoms with Crippen LogP contribution in [0.3, 0.4) is 0 Å². The Labute approximate surface area is 213 Å². The number of unbranched alkanes of at least 4 members (excludes halogenated alkanes) is 1. The summed E-state index contributed by atoms with van der Waals surface area (Å²) in [4.78, 5) is 2.59. The summed E-state index contributed by atoms with van der Waals surface area (Å²) in [7, 11) is 0.583. The molecule has 0 aliphatic carbocycles. The largest absolute Gasteiger partial charge is 0.377 e. The number of nitrogens with one attached hydrogen (secondary N) is 2. The quantitative estimate of drug-likeness (QED) is 0.407. The molecular formula is C29H45N3O2S. The summed E-state index contributed by atoms with van der Waals surface area (Å²) < 4.78 is 28.0. The zero-order valence-corrected chi connectivity index (χ0v) is 23.3. The predicted octanol–water partition coefficient (Wildman–Crippen LogP) is 5.84. The van der Waals surface area contributed by atoms with Crippen LogP contribution < -0.4 is 15.5 Å². The maximum Gasteiger partial charge on any atom is 0.180 e. The van der Waals surface area contributed by atoms with Crippen molar-refractivity contribution in [2.45, 2.75) is 95.3 Å². The third kappa shape index (κ3) is 6.28. The first-order chi connectivity index (χ1) is 16.7. The summed E-state index contributed by atoms with van der Waals surface area (Å²) in [6, 6.07) is 14.6. The number of hydrogen-bond acceptors (Lipinski definition) is 5. The van der Waals surface area contributed by atoms with Gasteiger partial charge in [0.05, 0.1) is 16.7 Å². The second-order valence-electron chi connectivity index (χ2n) is 10.3. The average molecular weight is 500 g/mol. The zero-order valence-electron chi connectivity index (χ0n) is 22.5. The van der Waals surface area contributed by atoms with Crippen molar-refractivity contribution in [1.29, 1.82) is 0 Å². The van der Waals surface area contributed by atoms with Gasteiger partial charge >= 0.3 is 0 Å². The van der Waals surface area contributed by atoms with E-state index in [4.69, 9.17) is 0 Å². The van der Waals surface area contributed by atoms with Gasteiger partial charge in [-0.15, -0.1) is 0 Å². The van der Waals surface area contributed by atoms with Crippen molar-refractivity contribution in [3.05, 3.63) is 59.2 Å². The van der Waals surface area contributed by atoms with Crippen molar-refractivity contribution >= 4 is 15.5 Å². The Morgan fingerprint density at radius 3 is 2.34 bits per heavy atom. The van der Waals surface area contributed by atoms with E-state index in [2.05, 4.69) is 61.4 Å². The molecule has 2 aromatic carbocycles. The molecule has 2 N–H and O–H groups in total. The number of nitrogens with zero attached hydrogens (tertiary/aromatic N) is 1. The molecule has 35 heavy (non-hydrogen) atoms. The topological polar surface area (TPSA) is 61.4 Å². The molecule has 0 saturated carbocycles. The van der Waals surface area contributed by atoms with Crippen LogP contribution in [0.2, 0.25) is 0 Å². The van der Waals surface area contributed by atoms with Gasteiger partial charge < -0.3 is 10.2 Å². The van der Waals surface area contributed by atoms with Crippen LogP contribution in [0.4, 0.5) is 5.69 Å². The molecule has 0 unspecified atom stereocenters. The lowest BCUT2D eigenvalue weighted by atomic mass is 9.87. The van der Waals surface area contributed by atoms with Crippen LogP contribution in [0.25, 0.3) is 0 Å². The first-order valence-electron chi connectivity index (χ1n) is 13.3. The SMILES string of the molecule is CCCC[C@]1(CC)CS(=O)(=O)c2cc(CNC(CC)CC)c(N(C)C)cc2[C@@H](c2ccccc2)N1. The van der Waals surface area contributed by atoms with E-state index in [0.717, 1.165) is 60.9 Å². The summed E-state index contributed by atoms with van der Waals surface area (Å²) in [5.41, 5.74) is 3.61. The zero-order chi connectivity index (χ0) is 25.6. The van der Waals surface area contributed by atoms with E-state index in [-0.39, 0.29) is 11.8 Å². The van der Waals surface area contributed by atoms with Crippen LogP contribution >= 0.6 is 0 Å². The molecule has 0 fully saturated rings. The normalized spacial score (nSPS) is 21.5. The Morgan fingerprint density at radius 1 is 1.09 bits per heavy atom. The Hall–Kier alpha value is -1.89. The smallest absolute Gasteiger partial charge is 0.180 e. The highest BCUT2D eigenvalue weighted by Gasteiger charge is 2.42. The molecule has 0 saturated heterocycles. The second-order valence-corrected chi connectivity index (χ2v) is 12.3. The third-order valence-corrected chi connectivity index (χ3v) is 9.60. The lowest BCUT2D eigenvalue weighted by Crippen LogP contribution is -2.50. The van der Waals surface area contributed by atoms with Gasteiger partial charge in [-0.05, 0) is 54.5 Å². The molecule has 194 valence electrons. The monoisotopic (exact) mass is 499 g/mol. The van der Waals surface area contributed by atoms with Crippen LogP contribution in [0.1, 0.15) is 89.0 Å². The van der Waals surface area contributed by atoms with Gasteiger partial charge in [0, 0.05) is 37.9 Å². The van der Waals surface area contributed by atoms with Crippen LogP contribution in [0.15, 0.2) is 47.4 Å². The molecule has 2 aromatic rings. The second kappa shape index (κ2) is 11.9. The van der Waals surface area contributed by atoms with Gasteiger partial charge in [-0.1, -0.05) is 70.9 Å². The fourth-order valence-corrected chi connectivity index (χ4v) is 7.50. The molecule has 1 aliphatic rings. The minimum Gasteiger partial charge on any atom is -0.377 e. The molecule has 0 amide bonds. The molecule has 0 bridgehead atoms. The van der Waals surface area contributed by atoms with Crippen molar-refractivity contribution in [1.82, 2.24) is 10.6 Å². The molecule has 0 aromatic heterocycles. The van der Waals surface area contributed by atoms with E-state index in [0.29, 0.717) is 17.5 Å². The van der Waals surface area contributed by atoms with Crippen molar-refractivity contribution in [2.75, 3.05) is 24.7 Å². The number of rotatable bonds is 11. The summed E-state index contributed by atoms with van der Waals surface area (Å²) in [5, 5.41) is 7.52. The number of benzene rings is 2.